The third kappa shape index (κ3) is 5.36. The number of nitrogens with zero attached hydrogens (tertiary/aromatic N) is 4. The first-order valence-electron chi connectivity index (χ1n) is 15.2. The number of nitrogens with one attached hydrogen (secondary N) is 3. The number of urea groups is 1. The van der Waals surface area contributed by atoms with E-state index >= 15 is 0 Å². The summed E-state index contributed by atoms with van der Waals surface area (Å²) in [5, 5.41) is 10.1. The number of fused-ring (bicyclic) bond motifs is 1. The molecule has 0 bridgehead atoms. The molecule has 2 fully saturated rings. The molecule has 10 nitrogen and oxygen atoms in total. The van der Waals surface area contributed by atoms with E-state index in [0.717, 1.165) is 49.3 Å². The Labute approximate surface area is 247 Å². The van der Waals surface area contributed by atoms with Crippen molar-refractivity contribution in [2.24, 2.45) is 0 Å². The predicted molar refractivity (Wildman–Crippen MR) is 162 cm³/mol. The van der Waals surface area contributed by atoms with E-state index in [1.165, 1.54) is 5.56 Å². The number of piperazine rings is 1. The van der Waals surface area contributed by atoms with Gasteiger partial charge < -0.3 is 30.5 Å². The summed E-state index contributed by atoms with van der Waals surface area (Å²) >= 11 is 0. The number of carbonyl (C=O) groups excluding carboxylic acids is 2. The number of benzene rings is 1. The normalized spacial score (nSPS) is 25.4. The Morgan fingerprint density at radius 3 is 2.79 bits per heavy atom. The molecule has 4 aliphatic rings. The predicted octanol–water partition coefficient (Wildman–Crippen LogP) is 2.70. The molecule has 3 atom stereocenters. The lowest BCUT2D eigenvalue weighted by atomic mass is 9.97. The zero-order valence-electron chi connectivity index (χ0n) is 24.5. The molecular formula is C32H41N7O3. The van der Waals surface area contributed by atoms with E-state index < -0.39 is 5.72 Å². The summed E-state index contributed by atoms with van der Waals surface area (Å²) in [4.78, 5) is 38.1. The highest BCUT2D eigenvalue weighted by Gasteiger charge is 2.41. The van der Waals surface area contributed by atoms with Crippen molar-refractivity contribution in [3.63, 3.8) is 0 Å². The summed E-state index contributed by atoms with van der Waals surface area (Å²) in [5.74, 6) is -0.155. The first kappa shape index (κ1) is 28.2. The number of amides is 3. The van der Waals surface area contributed by atoms with Gasteiger partial charge in [-0.15, -0.1) is 0 Å². The van der Waals surface area contributed by atoms with E-state index in [1.807, 2.05) is 59.2 Å². The number of para-hydroxylation sites is 1. The van der Waals surface area contributed by atoms with Crippen LogP contribution in [0.1, 0.15) is 37.8 Å². The number of aromatic nitrogens is 1. The number of ether oxygens (including phenoxy) is 1. The fourth-order valence-electron chi connectivity index (χ4n) is 6.57. The first-order valence-corrected chi connectivity index (χ1v) is 15.2. The zero-order valence-corrected chi connectivity index (χ0v) is 24.5. The van der Waals surface area contributed by atoms with E-state index in [1.54, 1.807) is 12.4 Å². The molecule has 0 radical (unpaired) electrons. The Morgan fingerprint density at radius 2 is 2.02 bits per heavy atom. The molecule has 10 heteroatoms. The first-order chi connectivity index (χ1) is 20.5. The standard InChI is InChI=1S/C32H41N7O3/c1-3-26-22-37(31(41)39-17-13-23-8-5-6-10-27(23)39)18-19-38(26)28-11-14-32(42-4-2,24-9-7-15-33-20-24)36-29(28)30(40)35-25-12-16-34-21-25/h5-11,14-15,20,25-26,34,36H,3-4,12-13,16-19,21-22H2,1-2H3,(H,35,40)/t25-,26-,32?/m1/s1. The van der Waals surface area contributed by atoms with E-state index in [9.17, 15) is 9.59 Å². The van der Waals surface area contributed by atoms with Gasteiger partial charge >= 0.3 is 6.03 Å². The average Bonchev–Trinajstić information content (AvgIpc) is 3.71. The summed E-state index contributed by atoms with van der Waals surface area (Å²) in [6.07, 6.45) is 10.1. The van der Waals surface area contributed by atoms with Gasteiger partial charge in [0.05, 0.1) is 5.70 Å². The third-order valence-corrected chi connectivity index (χ3v) is 8.78. The molecule has 3 amide bonds. The minimum Gasteiger partial charge on any atom is -0.363 e. The van der Waals surface area contributed by atoms with Gasteiger partial charge in [0, 0.05) is 75.1 Å². The van der Waals surface area contributed by atoms with Gasteiger partial charge in [0.2, 0.25) is 0 Å². The van der Waals surface area contributed by atoms with Crippen LogP contribution in [0.15, 0.2) is 72.3 Å². The van der Waals surface area contributed by atoms with Crippen molar-refractivity contribution in [2.75, 3.05) is 50.8 Å². The van der Waals surface area contributed by atoms with Gasteiger partial charge in [-0.1, -0.05) is 31.2 Å². The van der Waals surface area contributed by atoms with Crippen molar-refractivity contribution in [1.82, 2.24) is 30.7 Å². The summed E-state index contributed by atoms with van der Waals surface area (Å²) in [7, 11) is 0. The number of pyridine rings is 1. The van der Waals surface area contributed by atoms with Gasteiger partial charge in [0.15, 0.2) is 5.72 Å². The molecule has 1 unspecified atom stereocenters. The quantitative estimate of drug-likeness (QED) is 0.470. The highest BCUT2D eigenvalue weighted by atomic mass is 16.5. The topological polar surface area (TPSA) is 102 Å². The van der Waals surface area contributed by atoms with Gasteiger partial charge in [-0.3, -0.25) is 14.7 Å². The minimum atomic E-state index is -1.02. The molecule has 6 rings (SSSR count). The van der Waals surface area contributed by atoms with Crippen LogP contribution in [0, 0.1) is 0 Å². The molecule has 3 N–H and O–H groups in total. The van der Waals surface area contributed by atoms with Crippen molar-refractivity contribution in [1.29, 1.82) is 0 Å². The van der Waals surface area contributed by atoms with Gasteiger partial charge in [0.25, 0.3) is 5.91 Å². The lowest BCUT2D eigenvalue weighted by Gasteiger charge is -2.46. The van der Waals surface area contributed by atoms with Crippen LogP contribution in [0.2, 0.25) is 0 Å². The molecule has 5 heterocycles. The lowest BCUT2D eigenvalue weighted by Crippen LogP contribution is -2.58. The second-order valence-electron chi connectivity index (χ2n) is 11.3. The summed E-state index contributed by atoms with van der Waals surface area (Å²) < 4.78 is 6.29. The minimum absolute atomic E-state index is 0.0518. The zero-order chi connectivity index (χ0) is 29.1. The molecule has 2 aromatic rings. The van der Waals surface area contributed by atoms with E-state index in [0.29, 0.717) is 38.5 Å². The molecule has 1 aromatic carbocycles. The molecule has 2 saturated heterocycles. The van der Waals surface area contributed by atoms with Gasteiger partial charge in [-0.25, -0.2) is 4.79 Å². The second-order valence-corrected chi connectivity index (χ2v) is 11.3. The Hall–Kier alpha value is -3.89. The fraction of sp³-hybridized carbons (Fsp3) is 0.469. The van der Waals surface area contributed by atoms with Gasteiger partial charge in [-0.05, 0) is 62.6 Å². The van der Waals surface area contributed by atoms with Crippen molar-refractivity contribution in [3.05, 3.63) is 83.5 Å². The largest absolute Gasteiger partial charge is 0.363 e. The molecule has 42 heavy (non-hydrogen) atoms. The van der Waals surface area contributed by atoms with Crippen LogP contribution < -0.4 is 20.9 Å². The molecule has 0 aliphatic carbocycles. The fourth-order valence-corrected chi connectivity index (χ4v) is 6.57. The Kier molecular flexibility index (Phi) is 8.17. The van der Waals surface area contributed by atoms with E-state index in [-0.39, 0.29) is 24.0 Å². The molecule has 222 valence electrons. The van der Waals surface area contributed by atoms with E-state index in [4.69, 9.17) is 4.74 Å². The smallest absolute Gasteiger partial charge is 0.324 e. The molecule has 1 aromatic heterocycles. The van der Waals surface area contributed by atoms with Crippen LogP contribution in [0.3, 0.4) is 0 Å². The summed E-state index contributed by atoms with van der Waals surface area (Å²) in [6, 6.07) is 12.2. The lowest BCUT2D eigenvalue weighted by molar-refractivity contribution is -0.120. The molecule has 0 spiro atoms. The Morgan fingerprint density at radius 1 is 1.14 bits per heavy atom. The van der Waals surface area contributed by atoms with Crippen molar-refractivity contribution >= 4 is 17.6 Å². The van der Waals surface area contributed by atoms with Crippen LogP contribution in [0.4, 0.5) is 10.5 Å². The number of hydrogen-bond acceptors (Lipinski definition) is 7. The number of anilines is 1. The van der Waals surface area contributed by atoms with Crippen molar-refractivity contribution in [2.45, 2.75) is 50.9 Å². The van der Waals surface area contributed by atoms with Gasteiger partial charge in [0.1, 0.15) is 5.70 Å². The maximum Gasteiger partial charge on any atom is 0.324 e. The molecule has 4 aliphatic heterocycles. The Bertz CT molecular complexity index is 1360. The van der Waals surface area contributed by atoms with E-state index in [2.05, 4.69) is 38.8 Å². The van der Waals surface area contributed by atoms with Crippen LogP contribution in [-0.4, -0.2) is 84.7 Å². The summed E-state index contributed by atoms with van der Waals surface area (Å²) in [5.41, 5.74) is 3.35. The van der Waals surface area contributed by atoms with Crippen LogP contribution in [0.25, 0.3) is 0 Å². The number of carbonyl (C=O) groups is 2. The second kappa shape index (κ2) is 12.1. The average molecular weight is 572 g/mol. The number of hydrogen-bond donors (Lipinski definition) is 3. The van der Waals surface area contributed by atoms with Crippen molar-refractivity contribution in [3.8, 4) is 0 Å². The third-order valence-electron chi connectivity index (χ3n) is 8.78. The summed E-state index contributed by atoms with van der Waals surface area (Å²) in [6.45, 7) is 8.66. The Balaban J connectivity index is 1.28. The van der Waals surface area contributed by atoms with Crippen LogP contribution in [-0.2, 0) is 21.7 Å². The number of allylic oxidation sites excluding steroid dienone is 1. The number of dihydropyridines is 1. The van der Waals surface area contributed by atoms with Gasteiger partial charge in [-0.2, -0.15) is 0 Å². The maximum atomic E-state index is 13.9. The van der Waals surface area contributed by atoms with Crippen LogP contribution in [0.5, 0.6) is 0 Å². The van der Waals surface area contributed by atoms with Crippen LogP contribution >= 0.6 is 0 Å². The molecule has 0 saturated carbocycles. The number of rotatable bonds is 7. The maximum absolute atomic E-state index is 13.9. The monoisotopic (exact) mass is 571 g/mol. The van der Waals surface area contributed by atoms with Crippen molar-refractivity contribution < 1.29 is 14.3 Å². The SMILES string of the molecule is CCOC1(c2cccnc2)C=CC(N2CCN(C(=O)N3CCc4ccccc43)C[C@H]2CC)=C(C(=O)N[C@@H]2CCNC2)N1. The highest BCUT2D eigenvalue weighted by Crippen LogP contribution is 2.34. The molecular weight excluding hydrogens is 530 g/mol. The highest BCUT2D eigenvalue weighted by molar-refractivity contribution is 5.95.